The molecule has 0 aromatic heterocycles. The molecule has 0 aliphatic heterocycles. The first-order valence-corrected chi connectivity index (χ1v) is 4.68. The van der Waals surface area contributed by atoms with E-state index in [9.17, 15) is 0 Å². The molecule has 0 fully saturated rings. The molecular formula is C9H26N4. The molecule has 0 rings (SSSR count). The standard InChI is InChI=1S/C6H16N2.C3H10N2/c1-7(2)5-6-8(3)4;1-5-3-2-4/h5-6H2,1-4H3;5H,2-4H2,1H3. The second-order valence-corrected chi connectivity index (χ2v) is 3.50. The van der Waals surface area contributed by atoms with E-state index in [1.807, 2.05) is 7.05 Å². The van der Waals surface area contributed by atoms with E-state index in [2.05, 4.69) is 43.3 Å². The fourth-order valence-corrected chi connectivity index (χ4v) is 0.544. The molecule has 3 N–H and O–H groups in total. The number of hydrogen-bond acceptors (Lipinski definition) is 4. The molecule has 0 saturated heterocycles. The van der Waals surface area contributed by atoms with Crippen LogP contribution in [0.4, 0.5) is 0 Å². The van der Waals surface area contributed by atoms with Crippen molar-refractivity contribution >= 4 is 0 Å². The minimum Gasteiger partial charge on any atom is -0.329 e. The molecule has 0 aromatic carbocycles. The minimum atomic E-state index is 0.733. The van der Waals surface area contributed by atoms with Gasteiger partial charge in [-0.2, -0.15) is 0 Å². The molecule has 0 atom stereocenters. The molecule has 0 heterocycles. The summed E-state index contributed by atoms with van der Waals surface area (Å²) in [5, 5.41) is 2.89. The Hall–Kier alpha value is -0.160. The van der Waals surface area contributed by atoms with E-state index in [0.717, 1.165) is 26.2 Å². The van der Waals surface area contributed by atoms with Gasteiger partial charge in [0.05, 0.1) is 0 Å². The molecule has 0 amide bonds. The van der Waals surface area contributed by atoms with Gasteiger partial charge in [-0.15, -0.1) is 0 Å². The molecule has 0 spiro atoms. The predicted octanol–water partition coefficient (Wildman–Crippen LogP) is -0.726. The van der Waals surface area contributed by atoms with Crippen molar-refractivity contribution in [3.63, 3.8) is 0 Å². The molecule has 0 aromatic rings. The van der Waals surface area contributed by atoms with Crippen LogP contribution >= 0.6 is 0 Å². The lowest BCUT2D eigenvalue weighted by atomic mass is 10.5. The molecule has 0 radical (unpaired) electrons. The van der Waals surface area contributed by atoms with Gasteiger partial charge in [-0.05, 0) is 35.2 Å². The van der Waals surface area contributed by atoms with Crippen molar-refractivity contribution < 1.29 is 0 Å². The molecule has 4 heteroatoms. The molecule has 82 valence electrons. The van der Waals surface area contributed by atoms with E-state index in [1.165, 1.54) is 0 Å². The van der Waals surface area contributed by atoms with Crippen LogP contribution in [0.15, 0.2) is 0 Å². The smallest absolute Gasteiger partial charge is 0.0103 e. The first-order valence-electron chi connectivity index (χ1n) is 4.68. The van der Waals surface area contributed by atoms with Crippen LogP contribution in [-0.2, 0) is 0 Å². The van der Waals surface area contributed by atoms with Gasteiger partial charge in [-0.1, -0.05) is 0 Å². The normalized spacial score (nSPS) is 10.2. The maximum atomic E-state index is 5.08. The molecule has 0 bridgehead atoms. The summed E-state index contributed by atoms with van der Waals surface area (Å²) in [6.07, 6.45) is 0. The van der Waals surface area contributed by atoms with Crippen molar-refractivity contribution in [2.75, 3.05) is 61.4 Å². The largest absolute Gasteiger partial charge is 0.329 e. The summed E-state index contributed by atoms with van der Waals surface area (Å²) in [6, 6.07) is 0. The average molecular weight is 190 g/mol. The number of nitrogens with one attached hydrogen (secondary N) is 1. The monoisotopic (exact) mass is 190 g/mol. The minimum absolute atomic E-state index is 0.733. The summed E-state index contributed by atoms with van der Waals surface area (Å²) in [5.74, 6) is 0. The quantitative estimate of drug-likeness (QED) is 0.600. The van der Waals surface area contributed by atoms with Crippen LogP contribution < -0.4 is 11.1 Å². The van der Waals surface area contributed by atoms with Gasteiger partial charge in [0.15, 0.2) is 0 Å². The maximum Gasteiger partial charge on any atom is 0.0103 e. The number of rotatable bonds is 5. The van der Waals surface area contributed by atoms with Gasteiger partial charge < -0.3 is 20.9 Å². The van der Waals surface area contributed by atoms with E-state index in [4.69, 9.17) is 5.73 Å². The fourth-order valence-electron chi connectivity index (χ4n) is 0.544. The van der Waals surface area contributed by atoms with E-state index in [1.54, 1.807) is 0 Å². The SMILES string of the molecule is CN(C)CCN(C)C.CNCCN. The van der Waals surface area contributed by atoms with Crippen LogP contribution in [-0.4, -0.2) is 71.2 Å². The second kappa shape index (κ2) is 11.8. The van der Waals surface area contributed by atoms with Gasteiger partial charge >= 0.3 is 0 Å². The van der Waals surface area contributed by atoms with Crippen LogP contribution in [0.1, 0.15) is 0 Å². The zero-order valence-corrected chi connectivity index (χ0v) is 9.80. The second-order valence-electron chi connectivity index (χ2n) is 3.50. The summed E-state index contributed by atoms with van der Waals surface area (Å²) in [7, 11) is 10.2. The topological polar surface area (TPSA) is 44.5 Å². The van der Waals surface area contributed by atoms with Crippen LogP contribution in [0.3, 0.4) is 0 Å². The van der Waals surface area contributed by atoms with Crippen molar-refractivity contribution in [2.24, 2.45) is 5.73 Å². The Morgan fingerprint density at radius 2 is 1.38 bits per heavy atom. The third-order valence-corrected chi connectivity index (χ3v) is 1.39. The van der Waals surface area contributed by atoms with Crippen LogP contribution in [0, 0.1) is 0 Å². The lowest BCUT2D eigenvalue weighted by Crippen LogP contribution is -2.25. The third-order valence-electron chi connectivity index (χ3n) is 1.39. The van der Waals surface area contributed by atoms with Crippen molar-refractivity contribution in [2.45, 2.75) is 0 Å². The van der Waals surface area contributed by atoms with Gasteiger partial charge in [0.2, 0.25) is 0 Å². The van der Waals surface area contributed by atoms with Gasteiger partial charge in [-0.25, -0.2) is 0 Å². The number of nitrogens with two attached hydrogens (primary N) is 1. The fraction of sp³-hybridized carbons (Fsp3) is 1.00. The van der Waals surface area contributed by atoms with E-state index in [0.29, 0.717) is 0 Å². The number of nitrogens with zero attached hydrogens (tertiary/aromatic N) is 2. The first-order chi connectivity index (χ1) is 6.04. The van der Waals surface area contributed by atoms with Crippen molar-refractivity contribution in [3.8, 4) is 0 Å². The van der Waals surface area contributed by atoms with Gasteiger partial charge in [0.1, 0.15) is 0 Å². The Morgan fingerprint density at radius 3 is 1.46 bits per heavy atom. The third kappa shape index (κ3) is 24.5. The van der Waals surface area contributed by atoms with Crippen molar-refractivity contribution in [3.05, 3.63) is 0 Å². The zero-order valence-electron chi connectivity index (χ0n) is 9.80. The Balaban J connectivity index is 0. The summed E-state index contributed by atoms with van der Waals surface area (Å²) >= 11 is 0. The van der Waals surface area contributed by atoms with Crippen molar-refractivity contribution in [1.29, 1.82) is 0 Å². The lowest BCUT2D eigenvalue weighted by molar-refractivity contribution is 0.320. The predicted molar refractivity (Wildman–Crippen MR) is 60.1 cm³/mol. The van der Waals surface area contributed by atoms with E-state index in [-0.39, 0.29) is 0 Å². The molecule has 0 unspecified atom stereocenters. The highest BCUT2D eigenvalue weighted by Crippen LogP contribution is 1.76. The first kappa shape index (κ1) is 15.3. The highest BCUT2D eigenvalue weighted by atomic mass is 15.1. The summed E-state index contributed by atoms with van der Waals surface area (Å²) < 4.78 is 0. The van der Waals surface area contributed by atoms with Gasteiger partial charge in [0, 0.05) is 26.2 Å². The molecule has 0 aliphatic carbocycles. The highest BCUT2D eigenvalue weighted by Gasteiger charge is 1.89. The van der Waals surface area contributed by atoms with Crippen LogP contribution in [0.5, 0.6) is 0 Å². The average Bonchev–Trinajstić information content (AvgIpc) is 2.03. The zero-order chi connectivity index (χ0) is 10.7. The van der Waals surface area contributed by atoms with Crippen molar-refractivity contribution in [1.82, 2.24) is 15.1 Å². The highest BCUT2D eigenvalue weighted by molar-refractivity contribution is 4.45. The molecule has 13 heavy (non-hydrogen) atoms. The molecule has 4 nitrogen and oxygen atoms in total. The molecular weight excluding hydrogens is 164 g/mol. The van der Waals surface area contributed by atoms with E-state index < -0.39 is 0 Å². The van der Waals surface area contributed by atoms with E-state index >= 15 is 0 Å². The Kier molecular flexibility index (Phi) is 14.0. The Labute approximate surface area is 83.1 Å². The Morgan fingerprint density at radius 1 is 1.00 bits per heavy atom. The van der Waals surface area contributed by atoms with Crippen LogP contribution in [0.2, 0.25) is 0 Å². The number of hydrogen-bond donors (Lipinski definition) is 2. The lowest BCUT2D eigenvalue weighted by Gasteiger charge is -2.13. The summed E-state index contributed by atoms with van der Waals surface area (Å²) in [4.78, 5) is 4.36. The number of likely N-dealkylation sites (N-methyl/N-ethyl adjacent to an activating group) is 3. The Bertz CT molecular complexity index is 73.7. The molecule has 0 saturated carbocycles. The summed E-state index contributed by atoms with van der Waals surface area (Å²) in [5.41, 5.74) is 5.08. The van der Waals surface area contributed by atoms with Gasteiger partial charge in [-0.3, -0.25) is 0 Å². The molecule has 0 aliphatic rings. The summed E-state index contributed by atoms with van der Waals surface area (Å²) in [6.45, 7) is 3.94. The van der Waals surface area contributed by atoms with Gasteiger partial charge in [0.25, 0.3) is 0 Å². The maximum absolute atomic E-state index is 5.08. The van der Waals surface area contributed by atoms with Crippen LogP contribution in [0.25, 0.3) is 0 Å².